The highest BCUT2D eigenvalue weighted by Crippen LogP contribution is 2.21. The van der Waals surface area contributed by atoms with E-state index in [0.717, 1.165) is 42.6 Å². The number of carbonyl (C=O) groups is 1. The Labute approximate surface area is 171 Å². The number of hydrogen-bond acceptors (Lipinski definition) is 5. The predicted molar refractivity (Wildman–Crippen MR) is 111 cm³/mol. The molecule has 0 aromatic heterocycles. The van der Waals surface area contributed by atoms with Crippen LogP contribution < -0.4 is 0 Å². The number of hydrogen-bond donors (Lipinski definition) is 0. The topological polar surface area (TPSA) is 83.5 Å². The molecule has 1 aromatic carbocycles. The summed E-state index contributed by atoms with van der Waals surface area (Å²) >= 11 is 0. The number of esters is 1. The van der Waals surface area contributed by atoms with Gasteiger partial charge in [-0.05, 0) is 60.1 Å². The number of nitrogens with zero attached hydrogens (tertiary/aromatic N) is 1. The van der Waals surface area contributed by atoms with Gasteiger partial charge >= 0.3 is 5.97 Å². The van der Waals surface area contributed by atoms with Crippen LogP contribution in [0.3, 0.4) is 0 Å². The summed E-state index contributed by atoms with van der Waals surface area (Å²) in [6, 6.07) is 5.78. The van der Waals surface area contributed by atoms with E-state index >= 15 is 0 Å². The van der Waals surface area contributed by atoms with Gasteiger partial charge in [0.2, 0.25) is 0 Å². The van der Waals surface area contributed by atoms with Crippen LogP contribution in [0.1, 0.15) is 53.5 Å². The highest BCUT2D eigenvalue weighted by molar-refractivity contribution is 7.85. The lowest BCUT2D eigenvalue weighted by molar-refractivity contribution is -0.923. The number of aryl methyl sites for hydroxylation is 1. The van der Waals surface area contributed by atoms with Crippen molar-refractivity contribution in [3.8, 4) is 0 Å². The van der Waals surface area contributed by atoms with E-state index in [0.29, 0.717) is 6.61 Å². The van der Waals surface area contributed by atoms with Gasteiger partial charge in [0.05, 0.1) is 29.9 Å². The number of likely N-dealkylation sites (N-methyl/N-ethyl adjacent to an activating group) is 1. The SMILES string of the molecule is CCC(C)(C)C(=O)OCC[N+](CC)(CC)CC.Cc1ccc(S(=O)(=O)[O-])cc1. The maximum absolute atomic E-state index is 11.8. The highest BCUT2D eigenvalue weighted by atomic mass is 32.2. The molecule has 28 heavy (non-hydrogen) atoms. The van der Waals surface area contributed by atoms with Gasteiger partial charge in [-0.1, -0.05) is 24.6 Å². The van der Waals surface area contributed by atoms with Gasteiger partial charge in [0, 0.05) is 0 Å². The molecule has 7 heteroatoms. The molecule has 0 fully saturated rings. The van der Waals surface area contributed by atoms with E-state index in [1.54, 1.807) is 12.1 Å². The summed E-state index contributed by atoms with van der Waals surface area (Å²) in [5.41, 5.74) is 0.581. The Bertz CT molecular complexity index is 684. The summed E-state index contributed by atoms with van der Waals surface area (Å²) < 4.78 is 37.6. The van der Waals surface area contributed by atoms with Crippen LogP contribution in [0.2, 0.25) is 0 Å². The molecule has 0 saturated carbocycles. The number of carbonyl (C=O) groups excluding carboxylic acids is 1. The molecule has 0 aliphatic carbocycles. The van der Waals surface area contributed by atoms with E-state index < -0.39 is 10.1 Å². The number of quaternary nitrogens is 1. The summed E-state index contributed by atoms with van der Waals surface area (Å²) in [5, 5.41) is 0. The van der Waals surface area contributed by atoms with E-state index in [2.05, 4.69) is 20.8 Å². The average molecular weight is 416 g/mol. The normalized spacial score (nSPS) is 12.1. The second-order valence-electron chi connectivity index (χ2n) is 7.65. The Hall–Kier alpha value is -1.44. The van der Waals surface area contributed by atoms with Crippen molar-refractivity contribution in [3.05, 3.63) is 29.8 Å². The Balaban J connectivity index is 0.000000567. The van der Waals surface area contributed by atoms with Crippen LogP contribution in [-0.2, 0) is 19.6 Å². The second kappa shape index (κ2) is 11.5. The minimum Gasteiger partial charge on any atom is -0.744 e. The monoisotopic (exact) mass is 415 g/mol. The second-order valence-corrected chi connectivity index (χ2v) is 9.03. The third-order valence-electron chi connectivity index (χ3n) is 5.56. The smallest absolute Gasteiger partial charge is 0.311 e. The molecular formula is C21H37NO5S. The highest BCUT2D eigenvalue weighted by Gasteiger charge is 2.28. The molecule has 6 nitrogen and oxygen atoms in total. The molecule has 0 N–H and O–H groups in total. The largest absolute Gasteiger partial charge is 0.744 e. The first-order chi connectivity index (χ1) is 12.9. The molecule has 0 heterocycles. The Morgan fingerprint density at radius 1 is 1.04 bits per heavy atom. The number of rotatable bonds is 9. The predicted octanol–water partition coefficient (Wildman–Crippen LogP) is 3.74. The molecule has 0 saturated heterocycles. The fraction of sp³-hybridized carbons (Fsp3) is 0.667. The van der Waals surface area contributed by atoms with Gasteiger partial charge in [-0.15, -0.1) is 0 Å². The lowest BCUT2D eigenvalue weighted by Gasteiger charge is -2.35. The quantitative estimate of drug-likeness (QED) is 0.348. The summed E-state index contributed by atoms with van der Waals surface area (Å²) in [6.45, 7) is 19.1. The molecule has 1 aromatic rings. The molecule has 0 radical (unpaired) electrons. The summed E-state index contributed by atoms with van der Waals surface area (Å²) in [5.74, 6) is -0.0681. The van der Waals surface area contributed by atoms with Gasteiger partial charge in [0.25, 0.3) is 0 Å². The van der Waals surface area contributed by atoms with Crippen molar-refractivity contribution >= 4 is 16.1 Å². The van der Waals surface area contributed by atoms with Crippen LogP contribution in [0.4, 0.5) is 0 Å². The molecule has 0 amide bonds. The van der Waals surface area contributed by atoms with Gasteiger partial charge in [-0.25, -0.2) is 8.42 Å². The standard InChI is InChI=1S/C14H30NO2.C7H8O3S/c1-7-14(5,6)13(16)17-12-11-15(8-2,9-3)10-4;1-6-2-4-7(5-3-6)11(8,9)10/h7-12H2,1-6H3;2-5H,1H3,(H,8,9,10)/q+1;/p-1. The van der Waals surface area contributed by atoms with Gasteiger partial charge in [-0.2, -0.15) is 0 Å². The lowest BCUT2D eigenvalue weighted by atomic mass is 9.91. The van der Waals surface area contributed by atoms with E-state index in [1.807, 2.05) is 27.7 Å². The van der Waals surface area contributed by atoms with Crippen LogP contribution in [0.5, 0.6) is 0 Å². The third kappa shape index (κ3) is 8.71. The molecule has 0 spiro atoms. The third-order valence-corrected chi connectivity index (χ3v) is 6.41. The minimum absolute atomic E-state index is 0.0681. The van der Waals surface area contributed by atoms with E-state index in [-0.39, 0.29) is 16.3 Å². The maximum atomic E-state index is 11.8. The Morgan fingerprint density at radius 3 is 1.86 bits per heavy atom. The van der Waals surface area contributed by atoms with Crippen LogP contribution >= 0.6 is 0 Å². The minimum atomic E-state index is -4.27. The maximum Gasteiger partial charge on any atom is 0.311 e. The fourth-order valence-corrected chi connectivity index (χ4v) is 2.99. The molecule has 0 aliphatic rings. The van der Waals surface area contributed by atoms with Gasteiger partial charge in [0.1, 0.15) is 23.3 Å². The van der Waals surface area contributed by atoms with Crippen molar-refractivity contribution in [2.45, 2.75) is 59.8 Å². The van der Waals surface area contributed by atoms with Crippen molar-refractivity contribution in [1.29, 1.82) is 0 Å². The Kier molecular flexibility index (Phi) is 10.9. The molecule has 0 atom stereocenters. The average Bonchev–Trinajstić information content (AvgIpc) is 2.65. The molecular weight excluding hydrogens is 378 g/mol. The van der Waals surface area contributed by atoms with E-state index in [4.69, 9.17) is 4.74 Å². The summed E-state index contributed by atoms with van der Waals surface area (Å²) in [6.07, 6.45) is 0.821. The molecule has 0 unspecified atom stereocenters. The van der Waals surface area contributed by atoms with Gasteiger partial charge < -0.3 is 13.8 Å². The van der Waals surface area contributed by atoms with Gasteiger partial charge in [-0.3, -0.25) is 4.79 Å². The van der Waals surface area contributed by atoms with Crippen molar-refractivity contribution in [3.63, 3.8) is 0 Å². The lowest BCUT2D eigenvalue weighted by Crippen LogP contribution is -2.50. The Morgan fingerprint density at radius 2 is 1.50 bits per heavy atom. The number of ether oxygens (including phenoxy) is 1. The van der Waals surface area contributed by atoms with Crippen LogP contribution in [0.25, 0.3) is 0 Å². The molecule has 162 valence electrons. The van der Waals surface area contributed by atoms with E-state index in [1.165, 1.54) is 12.1 Å². The summed E-state index contributed by atoms with van der Waals surface area (Å²) in [7, 11) is -4.27. The zero-order chi connectivity index (χ0) is 22.0. The summed E-state index contributed by atoms with van der Waals surface area (Å²) in [4.78, 5) is 11.6. The van der Waals surface area contributed by atoms with Gasteiger partial charge in [0.15, 0.2) is 0 Å². The zero-order valence-corrected chi connectivity index (χ0v) is 19.3. The molecule has 1 rings (SSSR count). The van der Waals surface area contributed by atoms with Crippen molar-refractivity contribution in [2.75, 3.05) is 32.8 Å². The first-order valence-corrected chi connectivity index (χ1v) is 11.3. The van der Waals surface area contributed by atoms with Crippen molar-refractivity contribution < 1.29 is 27.0 Å². The zero-order valence-electron chi connectivity index (χ0n) is 18.4. The molecule has 0 aliphatic heterocycles. The van der Waals surface area contributed by atoms with Crippen LogP contribution in [-0.4, -0.2) is 56.2 Å². The first-order valence-electron chi connectivity index (χ1n) is 9.92. The van der Waals surface area contributed by atoms with Crippen LogP contribution in [0.15, 0.2) is 29.2 Å². The van der Waals surface area contributed by atoms with Crippen molar-refractivity contribution in [1.82, 2.24) is 0 Å². The van der Waals surface area contributed by atoms with E-state index in [9.17, 15) is 17.8 Å². The fourth-order valence-electron chi connectivity index (χ4n) is 2.52. The number of benzene rings is 1. The van der Waals surface area contributed by atoms with Crippen molar-refractivity contribution in [2.24, 2.45) is 5.41 Å². The first kappa shape index (κ1) is 26.6. The van der Waals surface area contributed by atoms with Crippen LogP contribution in [0, 0.1) is 12.3 Å². The molecule has 0 bridgehead atoms.